The smallest absolute Gasteiger partial charge is 0.122 e. The molecule has 2 heteroatoms. The van der Waals surface area contributed by atoms with Crippen LogP contribution in [0.2, 0.25) is 0 Å². The molecule has 0 atom stereocenters. The third kappa shape index (κ3) is 13.2. The van der Waals surface area contributed by atoms with E-state index < -0.39 is 0 Å². The highest BCUT2D eigenvalue weighted by Crippen LogP contribution is 2.26. The van der Waals surface area contributed by atoms with Gasteiger partial charge in [-0.25, -0.2) is 0 Å². The van der Waals surface area contributed by atoms with Crippen LogP contribution in [-0.2, 0) is 25.7 Å². The van der Waals surface area contributed by atoms with Crippen LogP contribution < -0.4 is 9.47 Å². The van der Waals surface area contributed by atoms with Crippen molar-refractivity contribution in [1.82, 2.24) is 0 Å². The highest BCUT2D eigenvalue weighted by Gasteiger charge is 2.08. The molecular formula is C36H58O2. The van der Waals surface area contributed by atoms with Crippen molar-refractivity contribution in [2.75, 3.05) is 13.2 Å². The van der Waals surface area contributed by atoms with Crippen molar-refractivity contribution in [3.63, 3.8) is 0 Å². The molecule has 0 unspecified atom stereocenters. The van der Waals surface area contributed by atoms with E-state index in [1.54, 1.807) is 0 Å². The van der Waals surface area contributed by atoms with Crippen LogP contribution in [0.4, 0.5) is 0 Å². The van der Waals surface area contributed by atoms with Gasteiger partial charge in [-0.1, -0.05) is 103 Å². The molecule has 0 aliphatic heterocycles. The summed E-state index contributed by atoms with van der Waals surface area (Å²) in [5, 5.41) is 0. The number of benzene rings is 2. The van der Waals surface area contributed by atoms with Crippen molar-refractivity contribution in [2.24, 2.45) is 0 Å². The Bertz CT molecular complexity index is 785. The lowest BCUT2D eigenvalue weighted by Crippen LogP contribution is -2.06. The van der Waals surface area contributed by atoms with Gasteiger partial charge in [0.2, 0.25) is 0 Å². The predicted molar refractivity (Wildman–Crippen MR) is 166 cm³/mol. The molecule has 0 fully saturated rings. The van der Waals surface area contributed by atoms with Crippen LogP contribution in [-0.4, -0.2) is 13.2 Å². The first-order chi connectivity index (χ1) is 18.7. The monoisotopic (exact) mass is 522 g/mol. The first kappa shape index (κ1) is 32.3. The summed E-state index contributed by atoms with van der Waals surface area (Å²) in [5.41, 5.74) is 5.74. The molecule has 0 aliphatic rings. The fourth-order valence-corrected chi connectivity index (χ4v) is 5.11. The third-order valence-electron chi connectivity index (χ3n) is 7.54. The Kier molecular flexibility index (Phi) is 17.8. The molecule has 2 nitrogen and oxygen atoms in total. The quantitative estimate of drug-likeness (QED) is 0.135. The molecule has 0 aliphatic carbocycles. The zero-order chi connectivity index (χ0) is 27.3. The lowest BCUT2D eigenvalue weighted by atomic mass is 10.00. The minimum absolute atomic E-state index is 0.763. The Morgan fingerprint density at radius 2 is 0.789 bits per heavy atom. The molecule has 0 aromatic heterocycles. The van der Waals surface area contributed by atoms with Gasteiger partial charge >= 0.3 is 0 Å². The van der Waals surface area contributed by atoms with Crippen molar-refractivity contribution >= 4 is 0 Å². The second-order valence-electron chi connectivity index (χ2n) is 11.1. The average Bonchev–Trinajstić information content (AvgIpc) is 2.93. The van der Waals surface area contributed by atoms with Crippen molar-refractivity contribution in [3.05, 3.63) is 58.7 Å². The molecule has 2 rings (SSSR count). The second kappa shape index (κ2) is 20.9. The van der Waals surface area contributed by atoms with E-state index in [9.17, 15) is 0 Å². The van der Waals surface area contributed by atoms with Crippen LogP contribution in [0.3, 0.4) is 0 Å². The molecule has 2 aromatic carbocycles. The van der Waals surface area contributed by atoms with Gasteiger partial charge in [0.15, 0.2) is 0 Å². The zero-order valence-electron chi connectivity index (χ0n) is 25.4. The van der Waals surface area contributed by atoms with Crippen LogP contribution in [0.1, 0.15) is 140 Å². The largest absolute Gasteiger partial charge is 0.493 e. The Balaban J connectivity index is 1.84. The minimum atomic E-state index is 0.763. The number of rotatable bonds is 23. The van der Waals surface area contributed by atoms with Gasteiger partial charge in [0.1, 0.15) is 11.5 Å². The van der Waals surface area contributed by atoms with Gasteiger partial charge in [-0.2, -0.15) is 0 Å². The maximum atomic E-state index is 6.30. The molecule has 0 heterocycles. The summed E-state index contributed by atoms with van der Waals surface area (Å²) in [7, 11) is 0. The lowest BCUT2D eigenvalue weighted by Gasteiger charge is -2.15. The molecule has 0 saturated carbocycles. The standard InChI is InChI=1S/C36H58O2/c1-5-9-13-19-31-23-25-35(33(29-31)21-15-11-7-3)37-27-17-18-28-38-36-26-24-32(20-14-10-6-2)30-34(36)22-16-12-8-4/h23-26,29-30H,5-22,27-28H2,1-4H3. The van der Waals surface area contributed by atoms with Crippen molar-refractivity contribution in [1.29, 1.82) is 0 Å². The van der Waals surface area contributed by atoms with Crippen molar-refractivity contribution < 1.29 is 9.47 Å². The van der Waals surface area contributed by atoms with E-state index in [1.807, 2.05) is 0 Å². The SMILES string of the molecule is CCCCCc1ccc(OCCCCOc2ccc(CCCCC)cc2CCCCC)c(CCCCC)c1. The topological polar surface area (TPSA) is 18.5 Å². The second-order valence-corrected chi connectivity index (χ2v) is 11.1. The van der Waals surface area contributed by atoms with E-state index >= 15 is 0 Å². The first-order valence-electron chi connectivity index (χ1n) is 16.2. The van der Waals surface area contributed by atoms with Gasteiger partial charge in [-0.3, -0.25) is 0 Å². The molecule has 0 saturated heterocycles. The van der Waals surface area contributed by atoms with Gasteiger partial charge in [-0.15, -0.1) is 0 Å². The number of aryl methyl sites for hydroxylation is 4. The summed E-state index contributed by atoms with van der Waals surface area (Å²) in [6, 6.07) is 13.8. The van der Waals surface area contributed by atoms with Crippen LogP contribution in [0.15, 0.2) is 36.4 Å². The summed E-state index contributed by atoms with van der Waals surface area (Å²) >= 11 is 0. The van der Waals surface area contributed by atoms with Gasteiger partial charge in [-0.05, 0) is 98.6 Å². The number of hydrogen-bond donors (Lipinski definition) is 0. The Hall–Kier alpha value is -1.96. The number of ether oxygens (including phenoxy) is 2. The van der Waals surface area contributed by atoms with E-state index in [0.717, 1.165) is 50.4 Å². The zero-order valence-corrected chi connectivity index (χ0v) is 25.4. The predicted octanol–water partition coefficient (Wildman–Crippen LogP) is 10.9. The summed E-state index contributed by atoms with van der Waals surface area (Å²) in [5.74, 6) is 2.19. The highest BCUT2D eigenvalue weighted by molar-refractivity contribution is 5.38. The summed E-state index contributed by atoms with van der Waals surface area (Å²) < 4.78 is 12.6. The number of hydrogen-bond acceptors (Lipinski definition) is 2. The summed E-state index contributed by atoms with van der Waals surface area (Å²) in [6.45, 7) is 10.6. The molecular weight excluding hydrogens is 464 g/mol. The summed E-state index contributed by atoms with van der Waals surface area (Å²) in [4.78, 5) is 0. The van der Waals surface area contributed by atoms with E-state index in [4.69, 9.17) is 9.47 Å². The molecule has 0 N–H and O–H groups in total. The van der Waals surface area contributed by atoms with E-state index in [1.165, 1.54) is 112 Å². The minimum Gasteiger partial charge on any atom is -0.493 e. The molecule has 38 heavy (non-hydrogen) atoms. The highest BCUT2D eigenvalue weighted by atomic mass is 16.5. The average molecular weight is 523 g/mol. The van der Waals surface area contributed by atoms with Gasteiger partial charge in [0.25, 0.3) is 0 Å². The fraction of sp³-hybridized carbons (Fsp3) is 0.667. The van der Waals surface area contributed by atoms with Crippen LogP contribution in [0, 0.1) is 0 Å². The van der Waals surface area contributed by atoms with Crippen molar-refractivity contribution in [3.8, 4) is 11.5 Å². The van der Waals surface area contributed by atoms with E-state index in [0.29, 0.717) is 0 Å². The Morgan fingerprint density at radius 3 is 1.16 bits per heavy atom. The van der Waals surface area contributed by atoms with Gasteiger partial charge < -0.3 is 9.47 Å². The molecule has 214 valence electrons. The number of unbranched alkanes of at least 4 members (excludes halogenated alkanes) is 9. The fourth-order valence-electron chi connectivity index (χ4n) is 5.11. The third-order valence-corrected chi connectivity index (χ3v) is 7.54. The van der Waals surface area contributed by atoms with E-state index in [2.05, 4.69) is 64.1 Å². The summed E-state index contributed by atoms with van der Waals surface area (Å²) in [6.07, 6.45) is 22.0. The maximum Gasteiger partial charge on any atom is 0.122 e. The molecule has 0 bridgehead atoms. The van der Waals surface area contributed by atoms with E-state index in [-0.39, 0.29) is 0 Å². The first-order valence-corrected chi connectivity index (χ1v) is 16.2. The molecule has 0 spiro atoms. The Labute approximate surface area is 235 Å². The van der Waals surface area contributed by atoms with Crippen LogP contribution in [0.5, 0.6) is 11.5 Å². The van der Waals surface area contributed by atoms with Crippen LogP contribution in [0.25, 0.3) is 0 Å². The van der Waals surface area contributed by atoms with Gasteiger partial charge in [0, 0.05) is 0 Å². The molecule has 0 radical (unpaired) electrons. The lowest BCUT2D eigenvalue weighted by molar-refractivity contribution is 0.263. The normalized spacial score (nSPS) is 11.2. The van der Waals surface area contributed by atoms with Crippen LogP contribution >= 0.6 is 0 Å². The maximum absolute atomic E-state index is 6.30. The molecule has 2 aromatic rings. The Morgan fingerprint density at radius 1 is 0.421 bits per heavy atom. The van der Waals surface area contributed by atoms with Gasteiger partial charge in [0.05, 0.1) is 13.2 Å². The van der Waals surface area contributed by atoms with Crippen molar-refractivity contribution in [2.45, 2.75) is 143 Å². The molecule has 0 amide bonds.